The molecule has 1 aromatic carbocycles. The Hall–Kier alpha value is -1.39. The molecule has 1 aromatic rings. The van der Waals surface area contributed by atoms with E-state index < -0.39 is 10.1 Å². The first kappa shape index (κ1) is 10.7. The summed E-state index contributed by atoms with van der Waals surface area (Å²) in [5.41, 5.74) is 1.24. The predicted molar refractivity (Wildman–Crippen MR) is 56.4 cm³/mol. The highest BCUT2D eigenvalue weighted by Gasteiger charge is 2.10. The van der Waals surface area contributed by atoms with Crippen LogP contribution in [0.2, 0.25) is 0 Å². The summed E-state index contributed by atoms with van der Waals surface area (Å²) >= 11 is 0. The zero-order chi connectivity index (χ0) is 10.8. The number of benzene rings is 1. The summed E-state index contributed by atoms with van der Waals surface area (Å²) in [5.74, 6) is 0. The third-order valence-electron chi connectivity index (χ3n) is 1.72. The van der Waals surface area contributed by atoms with Gasteiger partial charge in [0.15, 0.2) is 0 Å². The summed E-state index contributed by atoms with van der Waals surface area (Å²) in [4.78, 5) is -0.148. The lowest BCUT2D eigenvalue weighted by Gasteiger charge is -2.01. The zero-order valence-electron chi connectivity index (χ0n) is 7.47. The topological polar surface area (TPSA) is 54.4 Å². The fourth-order valence-electron chi connectivity index (χ4n) is 1.03. The van der Waals surface area contributed by atoms with E-state index in [0.717, 1.165) is 0 Å². The van der Waals surface area contributed by atoms with E-state index in [4.69, 9.17) is 4.55 Å². The van der Waals surface area contributed by atoms with Gasteiger partial charge in [-0.3, -0.25) is 4.55 Å². The number of hydrogen-bond donors (Lipinski definition) is 1. The van der Waals surface area contributed by atoms with E-state index in [-0.39, 0.29) is 4.90 Å². The average Bonchev–Trinajstić information content (AvgIpc) is 2.15. The fourth-order valence-corrected chi connectivity index (χ4v) is 1.60. The summed E-state index contributed by atoms with van der Waals surface area (Å²) in [6.45, 7) is 7.04. The van der Waals surface area contributed by atoms with Crippen molar-refractivity contribution < 1.29 is 13.0 Å². The van der Waals surface area contributed by atoms with E-state index in [0.29, 0.717) is 11.1 Å². The van der Waals surface area contributed by atoms with Crippen LogP contribution in [-0.2, 0) is 10.1 Å². The highest BCUT2D eigenvalue weighted by atomic mass is 32.2. The third kappa shape index (κ3) is 2.31. The minimum absolute atomic E-state index is 0.148. The van der Waals surface area contributed by atoms with E-state index in [9.17, 15) is 8.42 Å². The van der Waals surface area contributed by atoms with E-state index in [1.165, 1.54) is 24.3 Å². The van der Waals surface area contributed by atoms with Crippen LogP contribution < -0.4 is 0 Å². The first-order valence-corrected chi connectivity index (χ1v) is 5.29. The molecule has 0 amide bonds. The molecule has 14 heavy (non-hydrogen) atoms. The largest absolute Gasteiger partial charge is 0.294 e. The van der Waals surface area contributed by atoms with Crippen LogP contribution in [0.1, 0.15) is 11.1 Å². The average molecular weight is 210 g/mol. The van der Waals surface area contributed by atoms with Crippen molar-refractivity contribution in [3.63, 3.8) is 0 Å². The van der Waals surface area contributed by atoms with Crippen molar-refractivity contribution in [2.75, 3.05) is 0 Å². The van der Waals surface area contributed by atoms with Gasteiger partial charge in [-0.2, -0.15) is 8.42 Å². The molecule has 0 fully saturated rings. The highest BCUT2D eigenvalue weighted by molar-refractivity contribution is 7.85. The molecule has 0 aliphatic rings. The van der Waals surface area contributed by atoms with Crippen molar-refractivity contribution in [3.05, 3.63) is 42.5 Å². The molecule has 0 bridgehead atoms. The van der Waals surface area contributed by atoms with Gasteiger partial charge in [0.05, 0.1) is 4.90 Å². The lowest BCUT2D eigenvalue weighted by Crippen LogP contribution is -1.98. The van der Waals surface area contributed by atoms with Crippen LogP contribution in [0.25, 0.3) is 12.2 Å². The molecule has 0 radical (unpaired) electrons. The monoisotopic (exact) mass is 210 g/mol. The number of hydrogen-bond acceptors (Lipinski definition) is 2. The first-order valence-electron chi connectivity index (χ1n) is 3.85. The van der Waals surface area contributed by atoms with Crippen LogP contribution in [0.15, 0.2) is 36.3 Å². The van der Waals surface area contributed by atoms with Crippen molar-refractivity contribution in [1.82, 2.24) is 0 Å². The molecule has 0 atom stereocenters. The van der Waals surface area contributed by atoms with E-state index in [1.54, 1.807) is 6.07 Å². The molecule has 3 nitrogen and oxygen atoms in total. The van der Waals surface area contributed by atoms with Crippen LogP contribution in [0, 0.1) is 0 Å². The Kier molecular flexibility index (Phi) is 2.88. The maximum Gasteiger partial charge on any atom is 0.294 e. The Balaban J connectivity index is 3.46. The van der Waals surface area contributed by atoms with Gasteiger partial charge in [0, 0.05) is 0 Å². The van der Waals surface area contributed by atoms with Crippen LogP contribution in [0.3, 0.4) is 0 Å². The molecule has 0 saturated heterocycles. The van der Waals surface area contributed by atoms with Crippen molar-refractivity contribution in [1.29, 1.82) is 0 Å². The molecule has 0 heterocycles. The normalized spacial score (nSPS) is 10.9. The smallest absolute Gasteiger partial charge is 0.282 e. The Morgan fingerprint density at radius 3 is 1.79 bits per heavy atom. The minimum Gasteiger partial charge on any atom is -0.282 e. The molecule has 0 aromatic heterocycles. The van der Waals surface area contributed by atoms with Gasteiger partial charge in [0.25, 0.3) is 10.1 Å². The van der Waals surface area contributed by atoms with Gasteiger partial charge in [0.2, 0.25) is 0 Å². The standard InChI is InChI=1S/C10H10O3S/c1-3-8-5-9(4-2)7-10(6-8)14(11,12)13/h3-7H,1-2H2,(H,11,12,13). The Labute approximate surface area is 83.1 Å². The number of rotatable bonds is 3. The molecule has 0 aliphatic carbocycles. The Morgan fingerprint density at radius 2 is 1.50 bits per heavy atom. The van der Waals surface area contributed by atoms with Crippen molar-refractivity contribution in [3.8, 4) is 0 Å². The van der Waals surface area contributed by atoms with Crippen molar-refractivity contribution >= 4 is 22.3 Å². The summed E-state index contributed by atoms with van der Waals surface area (Å²) in [6, 6.07) is 4.40. The fraction of sp³-hybridized carbons (Fsp3) is 0. The summed E-state index contributed by atoms with van der Waals surface area (Å²) < 4.78 is 30.5. The minimum atomic E-state index is -4.16. The first-order chi connectivity index (χ1) is 6.47. The second-order valence-electron chi connectivity index (χ2n) is 2.72. The molecule has 0 saturated carbocycles. The molecular formula is C10H10O3S. The van der Waals surface area contributed by atoms with Gasteiger partial charge >= 0.3 is 0 Å². The maximum atomic E-state index is 10.9. The summed E-state index contributed by atoms with van der Waals surface area (Å²) in [6.07, 6.45) is 3.00. The zero-order valence-corrected chi connectivity index (χ0v) is 8.29. The molecule has 74 valence electrons. The van der Waals surface area contributed by atoms with E-state index >= 15 is 0 Å². The van der Waals surface area contributed by atoms with E-state index in [1.807, 2.05) is 0 Å². The Bertz CT molecular complexity index is 446. The molecule has 0 spiro atoms. The van der Waals surface area contributed by atoms with Gasteiger partial charge in [-0.1, -0.05) is 25.3 Å². The van der Waals surface area contributed by atoms with Crippen molar-refractivity contribution in [2.45, 2.75) is 4.90 Å². The highest BCUT2D eigenvalue weighted by Crippen LogP contribution is 2.16. The predicted octanol–water partition coefficient (Wildman–Crippen LogP) is 2.22. The third-order valence-corrected chi connectivity index (χ3v) is 2.55. The van der Waals surface area contributed by atoms with Crippen LogP contribution in [0.5, 0.6) is 0 Å². The molecule has 0 aliphatic heterocycles. The van der Waals surface area contributed by atoms with Gasteiger partial charge in [-0.05, 0) is 29.3 Å². The summed E-state index contributed by atoms with van der Waals surface area (Å²) in [5, 5.41) is 0. The van der Waals surface area contributed by atoms with Gasteiger partial charge in [-0.15, -0.1) is 0 Å². The molecule has 0 unspecified atom stereocenters. The molecule has 1 N–H and O–H groups in total. The van der Waals surface area contributed by atoms with E-state index in [2.05, 4.69) is 13.2 Å². The second-order valence-corrected chi connectivity index (χ2v) is 4.14. The SMILES string of the molecule is C=Cc1cc(C=C)cc(S(=O)(=O)O)c1. The maximum absolute atomic E-state index is 10.9. The molecule has 1 rings (SSSR count). The van der Waals surface area contributed by atoms with Gasteiger partial charge < -0.3 is 0 Å². The lowest BCUT2D eigenvalue weighted by molar-refractivity contribution is 0.483. The van der Waals surface area contributed by atoms with Gasteiger partial charge in [-0.25, -0.2) is 0 Å². The van der Waals surface area contributed by atoms with Crippen LogP contribution in [0.4, 0.5) is 0 Å². The summed E-state index contributed by atoms with van der Waals surface area (Å²) in [7, 11) is -4.16. The van der Waals surface area contributed by atoms with Crippen LogP contribution >= 0.6 is 0 Å². The second kappa shape index (κ2) is 3.77. The van der Waals surface area contributed by atoms with Crippen molar-refractivity contribution in [2.24, 2.45) is 0 Å². The molecule has 4 heteroatoms. The van der Waals surface area contributed by atoms with Gasteiger partial charge in [0.1, 0.15) is 0 Å². The Morgan fingerprint density at radius 1 is 1.07 bits per heavy atom. The quantitative estimate of drug-likeness (QED) is 0.778. The molecular weight excluding hydrogens is 200 g/mol. The lowest BCUT2D eigenvalue weighted by atomic mass is 10.1. The van der Waals surface area contributed by atoms with Crippen LogP contribution in [-0.4, -0.2) is 13.0 Å².